The molecular weight excluding hydrogens is 470 g/mol. The number of nitrogens with one attached hydrogen (secondary N) is 2. The first-order chi connectivity index (χ1) is 15.4. The molecule has 2 N–H and O–H groups in total. The molecule has 2 aromatic heterocycles. The number of rotatable bonds is 6. The second-order valence-corrected chi connectivity index (χ2v) is 9.31. The third-order valence-electron chi connectivity index (χ3n) is 5.97. The maximum absolute atomic E-state index is 12.9. The molecule has 0 saturated heterocycles. The summed E-state index contributed by atoms with van der Waals surface area (Å²) in [5, 5.41) is 12.2. The van der Waals surface area contributed by atoms with Crippen LogP contribution in [0.3, 0.4) is 0 Å². The maximum Gasteiger partial charge on any atom is 0.270 e. The van der Waals surface area contributed by atoms with Crippen LogP contribution in [-0.2, 0) is 6.54 Å². The van der Waals surface area contributed by atoms with E-state index < -0.39 is 0 Å². The average Bonchev–Trinajstić information content (AvgIpc) is 3.08. The van der Waals surface area contributed by atoms with Gasteiger partial charge in [-0.3, -0.25) is 9.48 Å². The minimum absolute atomic E-state index is 0.0655. The zero-order valence-electron chi connectivity index (χ0n) is 19.0. The highest BCUT2D eigenvalue weighted by Crippen LogP contribution is 2.27. The third kappa shape index (κ3) is 4.57. The van der Waals surface area contributed by atoms with Crippen LogP contribution in [0.25, 0.3) is 10.9 Å². The van der Waals surface area contributed by atoms with E-state index >= 15 is 0 Å². The quantitative estimate of drug-likeness (QED) is 0.529. The van der Waals surface area contributed by atoms with E-state index in [-0.39, 0.29) is 18.0 Å². The van der Waals surface area contributed by atoms with Gasteiger partial charge in [-0.05, 0) is 67.6 Å². The number of halogens is 1. The van der Waals surface area contributed by atoms with Crippen LogP contribution < -0.4 is 15.5 Å². The second-order valence-electron chi connectivity index (χ2n) is 8.51. The number of carbonyl (C=O) groups is 1. The Morgan fingerprint density at radius 2 is 1.84 bits per heavy atom. The van der Waals surface area contributed by atoms with E-state index in [0.717, 1.165) is 52.6 Å². The van der Waals surface area contributed by atoms with Gasteiger partial charge in [0.2, 0.25) is 5.95 Å². The van der Waals surface area contributed by atoms with Gasteiger partial charge in [0.1, 0.15) is 11.5 Å². The summed E-state index contributed by atoms with van der Waals surface area (Å²) in [6.45, 7) is 4.55. The predicted molar refractivity (Wildman–Crippen MR) is 131 cm³/mol. The van der Waals surface area contributed by atoms with Crippen LogP contribution in [-0.4, -0.2) is 51.8 Å². The highest BCUT2D eigenvalue weighted by Gasteiger charge is 2.26. The number of aryl methyl sites for hydroxylation is 2. The number of anilines is 2. The van der Waals surface area contributed by atoms with Crippen molar-refractivity contribution in [2.24, 2.45) is 0 Å². The fourth-order valence-corrected chi connectivity index (χ4v) is 4.75. The number of benzene rings is 1. The molecule has 1 aromatic carbocycles. The Labute approximate surface area is 196 Å². The maximum atomic E-state index is 12.9. The molecule has 1 fully saturated rings. The van der Waals surface area contributed by atoms with Crippen molar-refractivity contribution in [1.82, 2.24) is 25.1 Å². The van der Waals surface area contributed by atoms with Crippen molar-refractivity contribution in [2.75, 3.05) is 24.3 Å². The molecule has 4 rings (SSSR count). The lowest BCUT2D eigenvalue weighted by atomic mass is 9.91. The lowest BCUT2D eigenvalue weighted by Crippen LogP contribution is -2.41. The Morgan fingerprint density at radius 3 is 2.53 bits per heavy atom. The minimum atomic E-state index is -0.0655. The monoisotopic (exact) mass is 499 g/mol. The van der Waals surface area contributed by atoms with Gasteiger partial charge in [0, 0.05) is 38.1 Å². The van der Waals surface area contributed by atoms with Crippen molar-refractivity contribution in [3.8, 4) is 0 Å². The molecular formula is C23H30BrN7O. The largest absolute Gasteiger partial charge is 0.362 e. The number of hydrogen-bond acceptors (Lipinski definition) is 6. The molecule has 0 unspecified atom stereocenters. The van der Waals surface area contributed by atoms with Crippen molar-refractivity contribution in [3.05, 3.63) is 40.1 Å². The zero-order valence-corrected chi connectivity index (χ0v) is 20.6. The Bertz CT molecular complexity index is 1120. The number of nitrogens with zero attached hydrogens (tertiary/aromatic N) is 5. The summed E-state index contributed by atoms with van der Waals surface area (Å²) in [6, 6.07) is 8.51. The first-order valence-electron chi connectivity index (χ1n) is 11.1. The number of para-hydroxylation sites is 1. The molecule has 1 aliphatic carbocycles. The number of amides is 1. The molecule has 1 saturated carbocycles. The van der Waals surface area contributed by atoms with Gasteiger partial charge in [-0.15, -0.1) is 0 Å². The Kier molecular flexibility index (Phi) is 6.64. The van der Waals surface area contributed by atoms with E-state index in [4.69, 9.17) is 9.97 Å². The van der Waals surface area contributed by atoms with Crippen molar-refractivity contribution in [3.63, 3.8) is 0 Å². The Morgan fingerprint density at radius 1 is 1.16 bits per heavy atom. The van der Waals surface area contributed by atoms with Gasteiger partial charge in [-0.1, -0.05) is 12.1 Å². The SMILES string of the molecule is CCn1nc(C)c(Br)c1C(=O)NC1CCC(Nc2nc(N(C)C)c3ccccc3n2)CC1. The number of fused-ring (bicyclic) bond motifs is 1. The molecule has 32 heavy (non-hydrogen) atoms. The summed E-state index contributed by atoms with van der Waals surface area (Å²) in [7, 11) is 3.99. The van der Waals surface area contributed by atoms with Crippen LogP contribution >= 0.6 is 15.9 Å². The first kappa shape index (κ1) is 22.5. The summed E-state index contributed by atoms with van der Waals surface area (Å²) in [5.74, 6) is 1.50. The molecule has 8 nitrogen and oxygen atoms in total. The van der Waals surface area contributed by atoms with E-state index in [0.29, 0.717) is 18.2 Å². The molecule has 0 bridgehead atoms. The summed E-state index contributed by atoms with van der Waals surface area (Å²) in [6.07, 6.45) is 3.72. The Hall–Kier alpha value is -2.68. The molecule has 0 radical (unpaired) electrons. The predicted octanol–water partition coefficient (Wildman–Crippen LogP) is 4.14. The van der Waals surface area contributed by atoms with Gasteiger partial charge >= 0.3 is 0 Å². The van der Waals surface area contributed by atoms with Gasteiger partial charge in [0.15, 0.2) is 0 Å². The van der Waals surface area contributed by atoms with Crippen molar-refractivity contribution in [2.45, 2.75) is 58.2 Å². The van der Waals surface area contributed by atoms with E-state index in [2.05, 4.69) is 31.7 Å². The average molecular weight is 500 g/mol. The molecule has 0 spiro atoms. The normalized spacial score (nSPS) is 18.5. The van der Waals surface area contributed by atoms with Crippen LogP contribution in [0, 0.1) is 6.92 Å². The first-order valence-corrected chi connectivity index (χ1v) is 11.9. The molecule has 170 valence electrons. The number of carbonyl (C=O) groups excluding carboxylic acids is 1. The van der Waals surface area contributed by atoms with E-state index in [1.54, 1.807) is 4.68 Å². The highest BCUT2D eigenvalue weighted by molar-refractivity contribution is 9.10. The number of aromatic nitrogens is 4. The van der Waals surface area contributed by atoms with Crippen LogP contribution in [0.5, 0.6) is 0 Å². The van der Waals surface area contributed by atoms with Crippen molar-refractivity contribution >= 4 is 44.5 Å². The third-order valence-corrected chi connectivity index (χ3v) is 6.92. The van der Waals surface area contributed by atoms with Gasteiger partial charge in [-0.2, -0.15) is 10.1 Å². The second kappa shape index (κ2) is 9.44. The van der Waals surface area contributed by atoms with E-state index in [1.165, 1.54) is 0 Å². The van der Waals surface area contributed by atoms with Crippen LogP contribution in [0.4, 0.5) is 11.8 Å². The van der Waals surface area contributed by atoms with E-state index in [9.17, 15) is 4.79 Å². The van der Waals surface area contributed by atoms with Gasteiger partial charge in [0.05, 0.1) is 15.7 Å². The summed E-state index contributed by atoms with van der Waals surface area (Å²) in [4.78, 5) is 24.4. The molecule has 3 aromatic rings. The van der Waals surface area contributed by atoms with Crippen LogP contribution in [0.2, 0.25) is 0 Å². The van der Waals surface area contributed by atoms with Gasteiger partial charge in [-0.25, -0.2) is 4.98 Å². The fraction of sp³-hybridized carbons (Fsp3) is 0.478. The lowest BCUT2D eigenvalue weighted by Gasteiger charge is -2.30. The van der Waals surface area contributed by atoms with Crippen molar-refractivity contribution in [1.29, 1.82) is 0 Å². The molecule has 0 atom stereocenters. The van der Waals surface area contributed by atoms with Crippen molar-refractivity contribution < 1.29 is 4.79 Å². The summed E-state index contributed by atoms with van der Waals surface area (Å²) in [5.41, 5.74) is 2.37. The standard InChI is InChI=1S/C23H30BrN7O/c1-5-31-20(19(24)14(2)29-31)22(32)25-15-10-12-16(13-11-15)26-23-27-18-9-7-6-8-17(18)21(28-23)30(3)4/h6-9,15-16H,5,10-13H2,1-4H3,(H,25,32)(H,26,27,28). The Balaban J connectivity index is 1.39. The summed E-state index contributed by atoms with van der Waals surface area (Å²) < 4.78 is 2.53. The van der Waals surface area contributed by atoms with Crippen LogP contribution in [0.15, 0.2) is 28.7 Å². The van der Waals surface area contributed by atoms with Gasteiger partial charge in [0.25, 0.3) is 5.91 Å². The molecule has 1 amide bonds. The van der Waals surface area contributed by atoms with E-state index in [1.807, 2.05) is 57.1 Å². The number of hydrogen-bond donors (Lipinski definition) is 2. The van der Waals surface area contributed by atoms with Gasteiger partial charge < -0.3 is 15.5 Å². The smallest absolute Gasteiger partial charge is 0.270 e. The zero-order chi connectivity index (χ0) is 22.8. The lowest BCUT2D eigenvalue weighted by molar-refractivity contribution is 0.0915. The highest BCUT2D eigenvalue weighted by atomic mass is 79.9. The topological polar surface area (TPSA) is 88.0 Å². The molecule has 1 aliphatic rings. The van der Waals surface area contributed by atoms with Crippen LogP contribution in [0.1, 0.15) is 48.8 Å². The fourth-order valence-electron chi connectivity index (χ4n) is 4.29. The molecule has 0 aliphatic heterocycles. The molecule has 2 heterocycles. The minimum Gasteiger partial charge on any atom is -0.362 e. The summed E-state index contributed by atoms with van der Waals surface area (Å²) >= 11 is 3.52. The molecule has 9 heteroatoms.